The fraction of sp³-hybridized carbons (Fsp3) is 0.429. The lowest BCUT2D eigenvalue weighted by Crippen LogP contribution is -2.44. The zero-order chi connectivity index (χ0) is 13.8. The number of likely N-dealkylation sites (tertiary alicyclic amines) is 1. The second-order valence-electron chi connectivity index (χ2n) is 4.82. The van der Waals surface area contributed by atoms with Gasteiger partial charge in [-0.2, -0.15) is 0 Å². The lowest BCUT2D eigenvalue weighted by Gasteiger charge is -2.31. The molecule has 1 heterocycles. The summed E-state index contributed by atoms with van der Waals surface area (Å²) < 4.78 is 0. The molecule has 0 aromatic heterocycles. The summed E-state index contributed by atoms with van der Waals surface area (Å²) in [5, 5.41) is 0. The van der Waals surface area contributed by atoms with E-state index in [0.717, 1.165) is 18.4 Å². The van der Waals surface area contributed by atoms with Crippen molar-refractivity contribution in [1.29, 1.82) is 0 Å². The first-order valence-electron chi connectivity index (χ1n) is 6.35. The summed E-state index contributed by atoms with van der Waals surface area (Å²) in [7, 11) is 0. The van der Waals surface area contributed by atoms with Gasteiger partial charge in [-0.15, -0.1) is 11.6 Å². The van der Waals surface area contributed by atoms with Crippen molar-refractivity contribution in [3.63, 3.8) is 0 Å². The molecule has 1 aliphatic rings. The summed E-state index contributed by atoms with van der Waals surface area (Å²) in [5.41, 5.74) is 6.92. The Hall–Kier alpha value is -1.55. The van der Waals surface area contributed by atoms with E-state index in [-0.39, 0.29) is 17.7 Å². The van der Waals surface area contributed by atoms with E-state index in [4.69, 9.17) is 17.3 Å². The summed E-state index contributed by atoms with van der Waals surface area (Å²) in [6.45, 7) is 1.10. The van der Waals surface area contributed by atoms with Crippen molar-refractivity contribution in [3.05, 3.63) is 35.4 Å². The van der Waals surface area contributed by atoms with E-state index in [1.54, 1.807) is 17.0 Å². The number of rotatable bonds is 3. The molecule has 102 valence electrons. The molecule has 1 fully saturated rings. The fourth-order valence-corrected chi connectivity index (χ4v) is 2.49. The van der Waals surface area contributed by atoms with E-state index >= 15 is 0 Å². The Morgan fingerprint density at radius 1 is 1.32 bits per heavy atom. The maximum Gasteiger partial charge on any atom is 0.253 e. The summed E-state index contributed by atoms with van der Waals surface area (Å²) in [6, 6.07) is 7.23. The second kappa shape index (κ2) is 6.06. The highest BCUT2D eigenvalue weighted by Gasteiger charge is 2.27. The number of carbonyl (C=O) groups excluding carboxylic acids is 2. The lowest BCUT2D eigenvalue weighted by atomic mass is 9.97. The molecule has 0 radical (unpaired) electrons. The van der Waals surface area contributed by atoms with E-state index < -0.39 is 0 Å². The number of nitrogens with two attached hydrogens (primary N) is 1. The first kappa shape index (κ1) is 13.9. The summed E-state index contributed by atoms with van der Waals surface area (Å²) in [6.07, 6.45) is 1.59. The van der Waals surface area contributed by atoms with Gasteiger partial charge >= 0.3 is 0 Å². The van der Waals surface area contributed by atoms with Crippen LogP contribution < -0.4 is 5.73 Å². The van der Waals surface area contributed by atoms with Gasteiger partial charge in [0.25, 0.3) is 5.91 Å². The lowest BCUT2D eigenvalue weighted by molar-refractivity contribution is -0.123. The number of piperidine rings is 1. The quantitative estimate of drug-likeness (QED) is 0.858. The van der Waals surface area contributed by atoms with Crippen LogP contribution in [0.1, 0.15) is 28.8 Å². The molecule has 1 atom stereocenters. The van der Waals surface area contributed by atoms with Gasteiger partial charge in [0.2, 0.25) is 5.91 Å². The Balaban J connectivity index is 2.07. The number of carbonyl (C=O) groups is 2. The molecule has 5 heteroatoms. The van der Waals surface area contributed by atoms with E-state index in [0.29, 0.717) is 24.5 Å². The number of benzene rings is 1. The number of halogens is 1. The van der Waals surface area contributed by atoms with Crippen LogP contribution in [0.4, 0.5) is 0 Å². The normalized spacial score (nSPS) is 19.2. The van der Waals surface area contributed by atoms with Crippen LogP contribution in [0.5, 0.6) is 0 Å². The number of hydrogen-bond acceptors (Lipinski definition) is 2. The number of alkyl halides is 1. The van der Waals surface area contributed by atoms with Crippen LogP contribution in [-0.2, 0) is 10.7 Å². The number of nitrogens with zero attached hydrogens (tertiary/aromatic N) is 1. The topological polar surface area (TPSA) is 63.4 Å². The zero-order valence-electron chi connectivity index (χ0n) is 10.6. The van der Waals surface area contributed by atoms with E-state index in [2.05, 4.69) is 0 Å². The number of primary amides is 1. The minimum Gasteiger partial charge on any atom is -0.369 e. The maximum atomic E-state index is 12.3. The number of hydrogen-bond donors (Lipinski definition) is 1. The Morgan fingerprint density at radius 3 is 2.58 bits per heavy atom. The summed E-state index contributed by atoms with van der Waals surface area (Å²) >= 11 is 5.71. The van der Waals surface area contributed by atoms with Crippen LogP contribution in [0.3, 0.4) is 0 Å². The van der Waals surface area contributed by atoms with Crippen molar-refractivity contribution in [2.45, 2.75) is 18.7 Å². The van der Waals surface area contributed by atoms with Gasteiger partial charge in [0.05, 0.1) is 5.92 Å². The summed E-state index contributed by atoms with van der Waals surface area (Å²) in [5.74, 6) is -0.163. The summed E-state index contributed by atoms with van der Waals surface area (Å²) in [4.78, 5) is 25.2. The van der Waals surface area contributed by atoms with E-state index in [1.165, 1.54) is 0 Å². The van der Waals surface area contributed by atoms with Crippen LogP contribution >= 0.6 is 11.6 Å². The average molecular weight is 281 g/mol. The zero-order valence-corrected chi connectivity index (χ0v) is 11.4. The van der Waals surface area contributed by atoms with Gasteiger partial charge in [0, 0.05) is 24.5 Å². The molecule has 0 spiro atoms. The predicted molar refractivity (Wildman–Crippen MR) is 73.8 cm³/mol. The molecule has 1 aromatic carbocycles. The first-order valence-corrected chi connectivity index (χ1v) is 6.88. The third kappa shape index (κ3) is 3.26. The molecule has 0 aliphatic carbocycles. The van der Waals surface area contributed by atoms with Gasteiger partial charge in [-0.3, -0.25) is 9.59 Å². The Labute approximate surface area is 117 Å². The third-order valence-corrected chi connectivity index (χ3v) is 3.77. The Morgan fingerprint density at radius 2 is 2.00 bits per heavy atom. The Kier molecular flexibility index (Phi) is 4.43. The Bertz CT molecular complexity index is 473. The highest BCUT2D eigenvalue weighted by molar-refractivity contribution is 6.17. The van der Waals surface area contributed by atoms with Crippen molar-refractivity contribution >= 4 is 23.4 Å². The maximum absolute atomic E-state index is 12.3. The van der Waals surface area contributed by atoms with Gasteiger partial charge in [-0.05, 0) is 30.5 Å². The third-order valence-electron chi connectivity index (χ3n) is 3.47. The standard InChI is InChI=1S/C14H17ClN2O2/c15-8-10-3-5-11(6-4-10)14(19)17-7-1-2-12(9-17)13(16)18/h3-6,12H,1-2,7-9H2,(H2,16,18). The fourth-order valence-electron chi connectivity index (χ4n) is 2.31. The van der Waals surface area contributed by atoms with Gasteiger partial charge in [-0.1, -0.05) is 12.1 Å². The van der Waals surface area contributed by atoms with Crippen LogP contribution in [0.15, 0.2) is 24.3 Å². The first-order chi connectivity index (χ1) is 9.11. The van der Waals surface area contributed by atoms with Crippen molar-refractivity contribution in [2.24, 2.45) is 11.7 Å². The molecule has 2 rings (SSSR count). The molecule has 1 saturated heterocycles. The largest absolute Gasteiger partial charge is 0.369 e. The monoisotopic (exact) mass is 280 g/mol. The smallest absolute Gasteiger partial charge is 0.253 e. The van der Waals surface area contributed by atoms with Crippen molar-refractivity contribution < 1.29 is 9.59 Å². The molecule has 1 aromatic rings. The molecule has 4 nitrogen and oxygen atoms in total. The van der Waals surface area contributed by atoms with Crippen LogP contribution in [0, 0.1) is 5.92 Å². The highest BCUT2D eigenvalue weighted by Crippen LogP contribution is 2.18. The minimum absolute atomic E-state index is 0.0490. The molecular formula is C14H17ClN2O2. The molecule has 2 amide bonds. The van der Waals surface area contributed by atoms with Gasteiger partial charge < -0.3 is 10.6 Å². The van der Waals surface area contributed by atoms with Gasteiger partial charge in [-0.25, -0.2) is 0 Å². The molecule has 19 heavy (non-hydrogen) atoms. The van der Waals surface area contributed by atoms with E-state index in [9.17, 15) is 9.59 Å². The van der Waals surface area contributed by atoms with E-state index in [1.807, 2.05) is 12.1 Å². The molecule has 0 bridgehead atoms. The minimum atomic E-state index is -0.324. The second-order valence-corrected chi connectivity index (χ2v) is 5.09. The van der Waals surface area contributed by atoms with Gasteiger partial charge in [0.1, 0.15) is 0 Å². The molecular weight excluding hydrogens is 264 g/mol. The average Bonchev–Trinajstić information content (AvgIpc) is 2.46. The van der Waals surface area contributed by atoms with Crippen LogP contribution in [0.2, 0.25) is 0 Å². The molecule has 1 unspecified atom stereocenters. The van der Waals surface area contributed by atoms with Crippen molar-refractivity contribution in [3.8, 4) is 0 Å². The SMILES string of the molecule is NC(=O)C1CCCN(C(=O)c2ccc(CCl)cc2)C1. The van der Waals surface area contributed by atoms with Crippen LogP contribution in [0.25, 0.3) is 0 Å². The predicted octanol–water partition coefficient (Wildman–Crippen LogP) is 1.76. The van der Waals surface area contributed by atoms with Crippen molar-refractivity contribution in [1.82, 2.24) is 4.90 Å². The number of amides is 2. The van der Waals surface area contributed by atoms with Gasteiger partial charge in [0.15, 0.2) is 0 Å². The highest BCUT2D eigenvalue weighted by atomic mass is 35.5. The van der Waals surface area contributed by atoms with Crippen molar-refractivity contribution in [2.75, 3.05) is 13.1 Å². The van der Waals surface area contributed by atoms with Crippen LogP contribution in [-0.4, -0.2) is 29.8 Å². The molecule has 1 aliphatic heterocycles. The molecule has 0 saturated carbocycles. The molecule has 2 N–H and O–H groups in total.